The Morgan fingerprint density at radius 3 is 2.63 bits per heavy atom. The smallest absolute Gasteiger partial charge is 0.125 e. The molecule has 2 aromatic carbocycles. The van der Waals surface area contributed by atoms with Crippen LogP contribution in [0.5, 0.6) is 0 Å². The predicted octanol–water partition coefficient (Wildman–Crippen LogP) is 4.51. The first kappa shape index (κ1) is 13.4. The van der Waals surface area contributed by atoms with Crippen LogP contribution in [0.1, 0.15) is 12.5 Å². The van der Waals surface area contributed by atoms with Crippen molar-refractivity contribution in [2.75, 3.05) is 11.4 Å². The van der Waals surface area contributed by atoms with Gasteiger partial charge in [0.25, 0.3) is 0 Å². The summed E-state index contributed by atoms with van der Waals surface area (Å²) in [6.07, 6.45) is 0. The number of hydrogen-bond donors (Lipinski definition) is 0. The van der Waals surface area contributed by atoms with Gasteiger partial charge in [-0.25, -0.2) is 4.39 Å². The lowest BCUT2D eigenvalue weighted by molar-refractivity contribution is 0.627. The van der Waals surface area contributed by atoms with E-state index in [-0.39, 0.29) is 5.82 Å². The van der Waals surface area contributed by atoms with Gasteiger partial charge >= 0.3 is 0 Å². The summed E-state index contributed by atoms with van der Waals surface area (Å²) in [4.78, 5) is 1.90. The molecule has 2 nitrogen and oxygen atoms in total. The van der Waals surface area contributed by atoms with Crippen molar-refractivity contribution in [1.82, 2.24) is 0 Å². The zero-order valence-electron chi connectivity index (χ0n) is 10.4. The first-order chi connectivity index (χ1) is 9.15. The Kier molecular flexibility index (Phi) is 4.03. The Morgan fingerprint density at radius 2 is 2.05 bits per heavy atom. The van der Waals surface area contributed by atoms with Crippen molar-refractivity contribution in [2.45, 2.75) is 6.92 Å². The summed E-state index contributed by atoms with van der Waals surface area (Å²) in [6, 6.07) is 13.5. The molecule has 0 aliphatic heterocycles. The van der Waals surface area contributed by atoms with Gasteiger partial charge in [0.2, 0.25) is 0 Å². The maximum Gasteiger partial charge on any atom is 0.125 e. The second-order valence-corrected chi connectivity index (χ2v) is 4.41. The molecule has 0 saturated carbocycles. The highest BCUT2D eigenvalue weighted by Crippen LogP contribution is 2.32. The molecule has 0 aliphatic carbocycles. The average molecular weight is 275 g/mol. The lowest BCUT2D eigenvalue weighted by atomic mass is 10.2. The van der Waals surface area contributed by atoms with E-state index in [1.54, 1.807) is 24.3 Å². The van der Waals surface area contributed by atoms with Crippen LogP contribution >= 0.6 is 11.6 Å². The molecule has 4 heteroatoms. The third kappa shape index (κ3) is 2.86. The molecule has 0 amide bonds. The lowest BCUT2D eigenvalue weighted by Crippen LogP contribution is -2.16. The molecule has 19 heavy (non-hydrogen) atoms. The van der Waals surface area contributed by atoms with E-state index in [4.69, 9.17) is 16.9 Å². The molecule has 2 aromatic rings. The van der Waals surface area contributed by atoms with E-state index in [2.05, 4.69) is 0 Å². The van der Waals surface area contributed by atoms with Crippen LogP contribution in [0, 0.1) is 17.1 Å². The zero-order valence-corrected chi connectivity index (χ0v) is 11.2. The van der Waals surface area contributed by atoms with Crippen molar-refractivity contribution >= 4 is 23.0 Å². The Balaban J connectivity index is 2.46. The van der Waals surface area contributed by atoms with Crippen LogP contribution in [0.3, 0.4) is 0 Å². The van der Waals surface area contributed by atoms with Gasteiger partial charge in [0, 0.05) is 12.2 Å². The molecule has 0 aromatic heterocycles. The second-order valence-electron chi connectivity index (χ2n) is 4.00. The molecular formula is C15H12ClFN2. The van der Waals surface area contributed by atoms with Crippen LogP contribution in [0.2, 0.25) is 5.02 Å². The summed E-state index contributed by atoms with van der Waals surface area (Å²) >= 11 is 6.18. The molecule has 2 rings (SSSR count). The Morgan fingerprint density at radius 1 is 1.26 bits per heavy atom. The predicted molar refractivity (Wildman–Crippen MR) is 75.2 cm³/mol. The van der Waals surface area contributed by atoms with Crippen molar-refractivity contribution in [3.8, 4) is 6.07 Å². The summed E-state index contributed by atoms with van der Waals surface area (Å²) in [7, 11) is 0. The normalized spacial score (nSPS) is 10.0. The molecule has 0 fully saturated rings. The highest BCUT2D eigenvalue weighted by atomic mass is 35.5. The van der Waals surface area contributed by atoms with Gasteiger partial charge in [0.1, 0.15) is 5.82 Å². The summed E-state index contributed by atoms with van der Waals surface area (Å²) in [5.74, 6) is -0.291. The fourth-order valence-corrected chi connectivity index (χ4v) is 2.21. The van der Waals surface area contributed by atoms with Gasteiger partial charge in [-0.1, -0.05) is 17.7 Å². The van der Waals surface area contributed by atoms with Gasteiger partial charge in [-0.2, -0.15) is 5.26 Å². The van der Waals surface area contributed by atoms with E-state index in [1.165, 1.54) is 12.1 Å². The third-order valence-electron chi connectivity index (χ3n) is 2.80. The minimum absolute atomic E-state index is 0.291. The van der Waals surface area contributed by atoms with Gasteiger partial charge in [-0.05, 0) is 43.3 Å². The summed E-state index contributed by atoms with van der Waals surface area (Å²) in [5.41, 5.74) is 1.99. The van der Waals surface area contributed by atoms with E-state index < -0.39 is 0 Å². The number of nitriles is 1. The lowest BCUT2D eigenvalue weighted by Gasteiger charge is -2.24. The Hall–Kier alpha value is -2.05. The van der Waals surface area contributed by atoms with E-state index in [0.717, 1.165) is 11.4 Å². The average Bonchev–Trinajstić information content (AvgIpc) is 2.41. The van der Waals surface area contributed by atoms with Crippen molar-refractivity contribution in [1.29, 1.82) is 5.26 Å². The first-order valence-corrected chi connectivity index (χ1v) is 6.26. The van der Waals surface area contributed by atoms with Crippen LogP contribution < -0.4 is 4.90 Å². The van der Waals surface area contributed by atoms with Gasteiger partial charge in [0.05, 0.1) is 22.3 Å². The summed E-state index contributed by atoms with van der Waals surface area (Å²) in [5, 5.41) is 9.31. The number of halogens is 2. The Labute approximate surface area is 116 Å². The van der Waals surface area contributed by atoms with E-state index in [9.17, 15) is 4.39 Å². The molecule has 0 saturated heterocycles. The van der Waals surface area contributed by atoms with Crippen LogP contribution in [0.15, 0.2) is 42.5 Å². The quantitative estimate of drug-likeness (QED) is 0.823. The minimum Gasteiger partial charge on any atom is -0.340 e. The molecule has 0 unspecified atom stereocenters. The van der Waals surface area contributed by atoms with Gasteiger partial charge in [0.15, 0.2) is 0 Å². The SMILES string of the molecule is CCN(c1cccc(F)c1)c1ccc(C#N)cc1Cl. The third-order valence-corrected chi connectivity index (χ3v) is 3.11. The zero-order chi connectivity index (χ0) is 13.8. The summed E-state index contributed by atoms with van der Waals surface area (Å²) in [6.45, 7) is 2.61. The maximum atomic E-state index is 13.3. The highest BCUT2D eigenvalue weighted by Gasteiger charge is 2.12. The van der Waals surface area contributed by atoms with E-state index >= 15 is 0 Å². The molecule has 0 bridgehead atoms. The summed E-state index contributed by atoms with van der Waals surface area (Å²) < 4.78 is 13.3. The maximum absolute atomic E-state index is 13.3. The fraction of sp³-hybridized carbons (Fsp3) is 0.133. The number of nitrogens with zero attached hydrogens (tertiary/aromatic N) is 2. The van der Waals surface area contributed by atoms with E-state index in [0.29, 0.717) is 17.1 Å². The molecular weight excluding hydrogens is 263 g/mol. The van der Waals surface area contributed by atoms with Crippen LogP contribution in [0.25, 0.3) is 0 Å². The topological polar surface area (TPSA) is 27.0 Å². The van der Waals surface area contributed by atoms with E-state index in [1.807, 2.05) is 24.0 Å². The van der Waals surface area contributed by atoms with Gasteiger partial charge in [-0.15, -0.1) is 0 Å². The largest absolute Gasteiger partial charge is 0.340 e. The molecule has 0 N–H and O–H groups in total. The monoisotopic (exact) mass is 274 g/mol. The van der Waals surface area contributed by atoms with Crippen LogP contribution in [-0.4, -0.2) is 6.54 Å². The molecule has 0 aliphatic rings. The standard InChI is InChI=1S/C15H12ClFN2/c1-2-19(13-5-3-4-12(17)9-13)15-7-6-11(10-18)8-14(15)16/h3-9H,2H2,1H3. The Bertz CT molecular complexity index is 634. The first-order valence-electron chi connectivity index (χ1n) is 5.88. The van der Waals surface area contributed by atoms with Gasteiger partial charge < -0.3 is 4.90 Å². The molecule has 0 heterocycles. The van der Waals surface area contributed by atoms with Gasteiger partial charge in [-0.3, -0.25) is 0 Å². The number of hydrogen-bond acceptors (Lipinski definition) is 2. The highest BCUT2D eigenvalue weighted by molar-refractivity contribution is 6.33. The van der Waals surface area contributed by atoms with Crippen molar-refractivity contribution in [3.63, 3.8) is 0 Å². The molecule has 0 atom stereocenters. The van der Waals surface area contributed by atoms with Crippen LogP contribution in [-0.2, 0) is 0 Å². The molecule has 96 valence electrons. The second kappa shape index (κ2) is 5.73. The van der Waals surface area contributed by atoms with Crippen molar-refractivity contribution in [2.24, 2.45) is 0 Å². The molecule has 0 spiro atoms. The molecule has 0 radical (unpaired) electrons. The van der Waals surface area contributed by atoms with Crippen LogP contribution in [0.4, 0.5) is 15.8 Å². The number of anilines is 2. The fourth-order valence-electron chi connectivity index (χ4n) is 1.93. The van der Waals surface area contributed by atoms with Crippen molar-refractivity contribution in [3.05, 3.63) is 58.9 Å². The number of rotatable bonds is 3. The number of benzene rings is 2. The van der Waals surface area contributed by atoms with Crippen molar-refractivity contribution < 1.29 is 4.39 Å². The minimum atomic E-state index is -0.291.